The van der Waals surface area contributed by atoms with Crippen LogP contribution >= 0.6 is 0 Å². The van der Waals surface area contributed by atoms with E-state index in [2.05, 4.69) is 6.92 Å². The topological polar surface area (TPSA) is 20.3 Å². The van der Waals surface area contributed by atoms with E-state index in [1.807, 2.05) is 11.9 Å². The Balaban J connectivity index is 2.41. The summed E-state index contributed by atoms with van der Waals surface area (Å²) in [6.45, 7) is 3.11. The first-order chi connectivity index (χ1) is 4.74. The van der Waals surface area contributed by atoms with E-state index in [9.17, 15) is 4.79 Å². The van der Waals surface area contributed by atoms with Gasteiger partial charge in [-0.25, -0.2) is 0 Å². The third-order valence-corrected chi connectivity index (χ3v) is 2.34. The minimum absolute atomic E-state index is 0.318. The number of carbonyl (C=O) groups excluding carboxylic acids is 1. The molecule has 2 heteroatoms. The summed E-state index contributed by atoms with van der Waals surface area (Å²) in [7, 11) is 1.88. The molecule has 1 fully saturated rings. The number of hydrogen-bond acceptors (Lipinski definition) is 1. The van der Waals surface area contributed by atoms with E-state index in [1.165, 1.54) is 6.42 Å². The van der Waals surface area contributed by atoms with Crippen molar-refractivity contribution in [2.75, 3.05) is 13.6 Å². The van der Waals surface area contributed by atoms with E-state index in [-0.39, 0.29) is 0 Å². The Morgan fingerprint density at radius 1 is 1.70 bits per heavy atom. The zero-order chi connectivity index (χ0) is 7.56. The number of rotatable bonds is 1. The lowest BCUT2D eigenvalue weighted by Gasteiger charge is -2.27. The summed E-state index contributed by atoms with van der Waals surface area (Å²) in [5.74, 6) is 0.974. The third kappa shape index (κ3) is 1.49. The number of amides is 1. The van der Waals surface area contributed by atoms with Crippen LogP contribution in [-0.4, -0.2) is 24.4 Å². The second kappa shape index (κ2) is 3.04. The molecule has 1 amide bonds. The molecule has 10 heavy (non-hydrogen) atoms. The normalized spacial score (nSPS) is 27.2. The van der Waals surface area contributed by atoms with Gasteiger partial charge in [-0.2, -0.15) is 0 Å². The molecule has 1 aliphatic rings. The lowest BCUT2D eigenvalue weighted by Crippen LogP contribution is -2.35. The Bertz CT molecular complexity index is 133. The van der Waals surface area contributed by atoms with Crippen LogP contribution in [0.4, 0.5) is 0 Å². The maximum absolute atomic E-state index is 11.1. The molecule has 58 valence electrons. The Hall–Kier alpha value is -0.530. The maximum atomic E-state index is 11.1. The largest absolute Gasteiger partial charge is 0.346 e. The van der Waals surface area contributed by atoms with Crippen molar-refractivity contribution >= 4 is 5.91 Å². The van der Waals surface area contributed by atoms with Gasteiger partial charge in [0, 0.05) is 20.0 Å². The van der Waals surface area contributed by atoms with E-state index in [0.29, 0.717) is 11.8 Å². The monoisotopic (exact) mass is 141 g/mol. The molecule has 0 saturated carbocycles. The fourth-order valence-corrected chi connectivity index (χ4v) is 1.35. The molecule has 2 nitrogen and oxygen atoms in total. The molecule has 0 spiro atoms. The van der Waals surface area contributed by atoms with Crippen molar-refractivity contribution in [3.8, 4) is 0 Å². The molecule has 0 radical (unpaired) electrons. The Kier molecular flexibility index (Phi) is 2.30. The van der Waals surface area contributed by atoms with E-state index >= 15 is 0 Å². The van der Waals surface area contributed by atoms with Crippen LogP contribution in [0.25, 0.3) is 0 Å². The van der Waals surface area contributed by atoms with Gasteiger partial charge >= 0.3 is 0 Å². The highest BCUT2D eigenvalue weighted by Gasteiger charge is 2.21. The molecule has 1 heterocycles. The van der Waals surface area contributed by atoms with E-state index in [0.717, 1.165) is 19.4 Å². The van der Waals surface area contributed by atoms with E-state index in [1.54, 1.807) is 0 Å². The van der Waals surface area contributed by atoms with E-state index < -0.39 is 0 Å². The predicted octanol–water partition coefficient (Wildman–Crippen LogP) is 1.26. The lowest BCUT2D eigenvalue weighted by molar-refractivity contribution is -0.133. The zero-order valence-electron chi connectivity index (χ0n) is 6.76. The van der Waals surface area contributed by atoms with Crippen LogP contribution < -0.4 is 0 Å². The first-order valence-electron chi connectivity index (χ1n) is 3.98. The van der Waals surface area contributed by atoms with Crippen LogP contribution in [0, 0.1) is 5.92 Å². The minimum Gasteiger partial charge on any atom is -0.346 e. The Labute approximate surface area is 62.2 Å². The van der Waals surface area contributed by atoms with Gasteiger partial charge in [0.2, 0.25) is 5.91 Å². The van der Waals surface area contributed by atoms with Gasteiger partial charge in [0.15, 0.2) is 0 Å². The first kappa shape index (κ1) is 7.58. The number of piperidine rings is 1. The summed E-state index contributed by atoms with van der Waals surface area (Å²) in [5, 5.41) is 0. The summed E-state index contributed by atoms with van der Waals surface area (Å²) in [5.41, 5.74) is 0. The molecule has 1 atom stereocenters. The van der Waals surface area contributed by atoms with Gasteiger partial charge in [-0.15, -0.1) is 0 Å². The fraction of sp³-hybridized carbons (Fsp3) is 0.875. The molecule has 0 aromatic rings. The van der Waals surface area contributed by atoms with Crippen molar-refractivity contribution in [2.24, 2.45) is 5.92 Å². The highest BCUT2D eigenvalue weighted by molar-refractivity contribution is 5.76. The Morgan fingerprint density at radius 2 is 2.40 bits per heavy atom. The van der Waals surface area contributed by atoms with Crippen LogP contribution in [0.1, 0.15) is 26.2 Å². The lowest BCUT2D eigenvalue weighted by atomic mass is 9.94. The van der Waals surface area contributed by atoms with Gasteiger partial charge in [-0.05, 0) is 12.3 Å². The van der Waals surface area contributed by atoms with Gasteiger partial charge in [-0.1, -0.05) is 13.3 Å². The summed E-state index contributed by atoms with van der Waals surface area (Å²) < 4.78 is 0. The van der Waals surface area contributed by atoms with Gasteiger partial charge in [0.05, 0.1) is 0 Å². The second-order valence-electron chi connectivity index (χ2n) is 3.08. The molecule has 0 aromatic heterocycles. The smallest absolute Gasteiger partial charge is 0.222 e. The van der Waals surface area contributed by atoms with Crippen LogP contribution in [0.3, 0.4) is 0 Å². The average molecular weight is 141 g/mol. The molecule has 1 rings (SSSR count). The van der Waals surface area contributed by atoms with Gasteiger partial charge in [0.1, 0.15) is 0 Å². The second-order valence-corrected chi connectivity index (χ2v) is 3.08. The number of likely N-dealkylation sites (tertiary alicyclic amines) is 1. The zero-order valence-corrected chi connectivity index (χ0v) is 6.76. The molecule has 1 saturated heterocycles. The molecule has 1 aliphatic heterocycles. The number of carbonyl (C=O) groups is 1. The molecule has 0 unspecified atom stereocenters. The number of hydrogen-bond donors (Lipinski definition) is 0. The van der Waals surface area contributed by atoms with Crippen molar-refractivity contribution < 1.29 is 4.79 Å². The fourth-order valence-electron chi connectivity index (χ4n) is 1.35. The van der Waals surface area contributed by atoms with Crippen molar-refractivity contribution in [2.45, 2.75) is 26.2 Å². The van der Waals surface area contributed by atoms with Crippen molar-refractivity contribution in [1.82, 2.24) is 4.90 Å². The van der Waals surface area contributed by atoms with Gasteiger partial charge < -0.3 is 4.90 Å². The SMILES string of the molecule is CC[C@H]1CCN(C)C(=O)C1. The molecule has 0 aliphatic carbocycles. The van der Waals surface area contributed by atoms with Crippen molar-refractivity contribution in [3.63, 3.8) is 0 Å². The Morgan fingerprint density at radius 3 is 2.90 bits per heavy atom. The maximum Gasteiger partial charge on any atom is 0.222 e. The summed E-state index contributed by atoms with van der Waals surface area (Å²) in [6, 6.07) is 0. The predicted molar refractivity (Wildman–Crippen MR) is 40.7 cm³/mol. The standard InChI is InChI=1S/C8H15NO/c1-3-7-4-5-9(2)8(10)6-7/h7H,3-6H2,1-2H3/t7-/m0/s1. The summed E-state index contributed by atoms with van der Waals surface area (Å²) in [6.07, 6.45) is 3.12. The van der Waals surface area contributed by atoms with Crippen LogP contribution in [0.5, 0.6) is 0 Å². The molecular weight excluding hydrogens is 126 g/mol. The average Bonchev–Trinajstić information content (AvgIpc) is 1.95. The third-order valence-electron chi connectivity index (χ3n) is 2.34. The minimum atomic E-state index is 0.318. The first-order valence-corrected chi connectivity index (χ1v) is 3.98. The molecule has 0 N–H and O–H groups in total. The summed E-state index contributed by atoms with van der Waals surface area (Å²) >= 11 is 0. The van der Waals surface area contributed by atoms with Gasteiger partial charge in [0.25, 0.3) is 0 Å². The van der Waals surface area contributed by atoms with Gasteiger partial charge in [-0.3, -0.25) is 4.79 Å². The highest BCUT2D eigenvalue weighted by atomic mass is 16.2. The van der Waals surface area contributed by atoms with E-state index in [4.69, 9.17) is 0 Å². The number of nitrogens with zero attached hydrogens (tertiary/aromatic N) is 1. The molecule has 0 aromatic carbocycles. The molecular formula is C8H15NO. The van der Waals surface area contributed by atoms with Crippen LogP contribution in [-0.2, 0) is 4.79 Å². The highest BCUT2D eigenvalue weighted by Crippen LogP contribution is 2.19. The van der Waals surface area contributed by atoms with Crippen LogP contribution in [0.15, 0.2) is 0 Å². The van der Waals surface area contributed by atoms with Crippen LogP contribution in [0.2, 0.25) is 0 Å². The molecule has 0 bridgehead atoms. The quantitative estimate of drug-likeness (QED) is 0.538. The van der Waals surface area contributed by atoms with Crippen molar-refractivity contribution in [3.05, 3.63) is 0 Å². The summed E-state index contributed by atoms with van der Waals surface area (Å²) in [4.78, 5) is 12.9. The van der Waals surface area contributed by atoms with Crippen molar-refractivity contribution in [1.29, 1.82) is 0 Å².